The molecule has 0 saturated heterocycles. The van der Waals surface area contributed by atoms with Crippen molar-refractivity contribution in [3.05, 3.63) is 96.1 Å². The van der Waals surface area contributed by atoms with Gasteiger partial charge in [0.1, 0.15) is 11.6 Å². The lowest BCUT2D eigenvalue weighted by molar-refractivity contribution is 0.0952. The van der Waals surface area contributed by atoms with Gasteiger partial charge in [-0.3, -0.25) is 9.79 Å². The molecule has 0 fully saturated rings. The van der Waals surface area contributed by atoms with E-state index in [1.165, 1.54) is 12.1 Å². The van der Waals surface area contributed by atoms with Crippen molar-refractivity contribution in [3.63, 3.8) is 0 Å². The van der Waals surface area contributed by atoms with E-state index in [4.69, 9.17) is 0 Å². The van der Waals surface area contributed by atoms with Crippen LogP contribution in [0.25, 0.3) is 23.3 Å². The number of amides is 1. The lowest BCUT2D eigenvalue weighted by atomic mass is 10.1. The molecule has 2 aromatic heterocycles. The number of nitrogens with zero attached hydrogens (tertiary/aromatic N) is 5. The van der Waals surface area contributed by atoms with Gasteiger partial charge in [0.05, 0.1) is 12.0 Å². The Morgan fingerprint density at radius 1 is 1.21 bits per heavy atom. The number of aromatic nitrogens is 4. The highest BCUT2D eigenvalue weighted by Crippen LogP contribution is 2.24. The van der Waals surface area contributed by atoms with E-state index in [9.17, 15) is 9.18 Å². The van der Waals surface area contributed by atoms with Crippen LogP contribution in [0.15, 0.2) is 78.4 Å². The maximum atomic E-state index is 13.7. The smallest absolute Gasteiger partial charge is 0.251 e. The molecule has 0 bridgehead atoms. The summed E-state index contributed by atoms with van der Waals surface area (Å²) in [6, 6.07) is 13.5. The van der Waals surface area contributed by atoms with Crippen molar-refractivity contribution in [3.8, 4) is 11.4 Å². The SMILES string of the molecule is C=N/C(=C\n1c(C)cnc1-c1ccc(C(=O)NCCCn2ccnc2)cc1)c1cccc(F)c1. The summed E-state index contributed by atoms with van der Waals surface area (Å²) in [5, 5.41) is 2.94. The van der Waals surface area contributed by atoms with Crippen molar-refractivity contribution in [2.75, 3.05) is 6.54 Å². The van der Waals surface area contributed by atoms with Crippen LogP contribution >= 0.6 is 0 Å². The molecule has 2 aromatic carbocycles. The van der Waals surface area contributed by atoms with E-state index < -0.39 is 0 Å². The van der Waals surface area contributed by atoms with Gasteiger partial charge >= 0.3 is 0 Å². The largest absolute Gasteiger partial charge is 0.352 e. The Bertz CT molecular complexity index is 1310. The van der Waals surface area contributed by atoms with Gasteiger partial charge in [-0.05, 0) is 44.3 Å². The number of halogens is 1. The molecule has 7 nitrogen and oxygen atoms in total. The summed E-state index contributed by atoms with van der Waals surface area (Å²) in [6.45, 7) is 6.93. The van der Waals surface area contributed by atoms with Gasteiger partial charge in [0.25, 0.3) is 5.91 Å². The van der Waals surface area contributed by atoms with Crippen LogP contribution in [0.1, 0.15) is 28.0 Å². The van der Waals surface area contributed by atoms with Gasteiger partial charge in [-0.25, -0.2) is 14.4 Å². The maximum absolute atomic E-state index is 13.7. The fraction of sp³-hybridized carbons (Fsp3) is 0.154. The molecule has 4 rings (SSSR count). The van der Waals surface area contributed by atoms with Crippen LogP contribution in [0.2, 0.25) is 0 Å². The number of carbonyl (C=O) groups is 1. The number of aliphatic imine (C=N–C) groups is 1. The van der Waals surface area contributed by atoms with E-state index in [1.54, 1.807) is 49.2 Å². The van der Waals surface area contributed by atoms with Crippen molar-refractivity contribution in [1.82, 2.24) is 24.4 Å². The summed E-state index contributed by atoms with van der Waals surface area (Å²) >= 11 is 0. The Kier molecular flexibility index (Phi) is 7.07. The summed E-state index contributed by atoms with van der Waals surface area (Å²) in [5.41, 5.74) is 3.43. The van der Waals surface area contributed by atoms with Gasteiger partial charge in [0.2, 0.25) is 0 Å². The van der Waals surface area contributed by atoms with Crippen molar-refractivity contribution >= 4 is 24.5 Å². The first-order valence-electron chi connectivity index (χ1n) is 10.9. The van der Waals surface area contributed by atoms with E-state index in [-0.39, 0.29) is 11.7 Å². The molecule has 0 aliphatic carbocycles. The van der Waals surface area contributed by atoms with Crippen LogP contribution in [-0.2, 0) is 6.54 Å². The number of aryl methyl sites for hydroxylation is 2. The highest BCUT2D eigenvalue weighted by molar-refractivity contribution is 5.94. The zero-order valence-electron chi connectivity index (χ0n) is 18.9. The molecule has 0 saturated carbocycles. The number of rotatable bonds is 9. The van der Waals surface area contributed by atoms with Crippen LogP contribution < -0.4 is 5.32 Å². The molecule has 0 unspecified atom stereocenters. The fourth-order valence-corrected chi connectivity index (χ4v) is 3.55. The summed E-state index contributed by atoms with van der Waals surface area (Å²) in [6.07, 6.45) is 9.73. The number of carbonyl (C=O) groups excluding carboxylic acids is 1. The average Bonchev–Trinajstić information content (AvgIpc) is 3.50. The van der Waals surface area contributed by atoms with Gasteiger partial charge < -0.3 is 14.5 Å². The van der Waals surface area contributed by atoms with E-state index in [1.807, 2.05) is 34.4 Å². The van der Waals surface area contributed by atoms with Gasteiger partial charge in [0, 0.05) is 60.3 Å². The quantitative estimate of drug-likeness (QED) is 0.294. The van der Waals surface area contributed by atoms with Crippen molar-refractivity contribution in [1.29, 1.82) is 0 Å². The predicted molar refractivity (Wildman–Crippen MR) is 132 cm³/mol. The monoisotopic (exact) mass is 456 g/mol. The molecular formula is C26H25FN6O. The van der Waals surface area contributed by atoms with Gasteiger partial charge in [-0.1, -0.05) is 24.3 Å². The maximum Gasteiger partial charge on any atom is 0.251 e. The topological polar surface area (TPSA) is 77.1 Å². The average molecular weight is 457 g/mol. The van der Waals surface area contributed by atoms with E-state index in [2.05, 4.69) is 27.0 Å². The van der Waals surface area contributed by atoms with Crippen molar-refractivity contribution in [2.24, 2.45) is 4.99 Å². The molecule has 1 N–H and O–H groups in total. The minimum absolute atomic E-state index is 0.124. The standard InChI is InChI=1S/C26H25FN6O/c1-19-16-31-25(33(19)17-24(28-2)22-5-3-6-23(27)15-22)20-7-9-21(10-8-20)26(34)30-11-4-13-32-14-12-29-18-32/h3,5-10,12,14-18H,2,4,11,13H2,1H3,(H,30,34)/b24-17-. The Labute approximate surface area is 197 Å². The Morgan fingerprint density at radius 2 is 2.03 bits per heavy atom. The molecular weight excluding hydrogens is 431 g/mol. The first-order chi connectivity index (χ1) is 16.5. The number of imidazole rings is 2. The third-order valence-corrected chi connectivity index (χ3v) is 5.37. The second-order valence-corrected chi connectivity index (χ2v) is 7.76. The normalized spacial score (nSPS) is 11.4. The molecule has 0 aliphatic rings. The number of hydrogen-bond acceptors (Lipinski definition) is 4. The molecule has 0 atom stereocenters. The lowest BCUT2D eigenvalue weighted by Gasteiger charge is -2.09. The molecule has 4 aromatic rings. The molecule has 2 heterocycles. The highest BCUT2D eigenvalue weighted by Gasteiger charge is 2.12. The second-order valence-electron chi connectivity index (χ2n) is 7.76. The third kappa shape index (κ3) is 5.35. The summed E-state index contributed by atoms with van der Waals surface area (Å²) in [5.74, 6) is 0.216. The highest BCUT2D eigenvalue weighted by atomic mass is 19.1. The summed E-state index contributed by atoms with van der Waals surface area (Å²) in [7, 11) is 0. The first-order valence-corrected chi connectivity index (χ1v) is 10.9. The molecule has 172 valence electrons. The Morgan fingerprint density at radius 3 is 2.74 bits per heavy atom. The Balaban J connectivity index is 1.48. The molecule has 0 radical (unpaired) electrons. The summed E-state index contributed by atoms with van der Waals surface area (Å²) in [4.78, 5) is 25.1. The second kappa shape index (κ2) is 10.5. The molecule has 34 heavy (non-hydrogen) atoms. The fourth-order valence-electron chi connectivity index (χ4n) is 3.55. The zero-order chi connectivity index (χ0) is 23.9. The predicted octanol–water partition coefficient (Wildman–Crippen LogP) is 4.67. The molecule has 0 spiro atoms. The minimum Gasteiger partial charge on any atom is -0.352 e. The number of benzene rings is 2. The Hall–Kier alpha value is -4.33. The number of hydrogen-bond donors (Lipinski definition) is 1. The molecule has 0 aliphatic heterocycles. The van der Waals surface area contributed by atoms with Gasteiger partial charge in [-0.2, -0.15) is 0 Å². The van der Waals surface area contributed by atoms with E-state index in [0.29, 0.717) is 29.2 Å². The molecule has 8 heteroatoms. The van der Waals surface area contributed by atoms with E-state index >= 15 is 0 Å². The van der Waals surface area contributed by atoms with Crippen LogP contribution in [-0.4, -0.2) is 38.3 Å². The van der Waals surface area contributed by atoms with Crippen LogP contribution in [0.3, 0.4) is 0 Å². The van der Waals surface area contributed by atoms with Crippen molar-refractivity contribution < 1.29 is 9.18 Å². The van der Waals surface area contributed by atoms with Crippen molar-refractivity contribution in [2.45, 2.75) is 19.9 Å². The lowest BCUT2D eigenvalue weighted by Crippen LogP contribution is -2.25. The molecule has 1 amide bonds. The number of nitrogens with one attached hydrogen (secondary N) is 1. The minimum atomic E-state index is -0.342. The third-order valence-electron chi connectivity index (χ3n) is 5.37. The van der Waals surface area contributed by atoms with Crippen LogP contribution in [0.5, 0.6) is 0 Å². The first kappa shape index (κ1) is 22.8. The van der Waals surface area contributed by atoms with Crippen LogP contribution in [0.4, 0.5) is 4.39 Å². The summed E-state index contributed by atoms with van der Waals surface area (Å²) < 4.78 is 17.5. The van der Waals surface area contributed by atoms with Gasteiger partial charge in [0.15, 0.2) is 0 Å². The van der Waals surface area contributed by atoms with Crippen LogP contribution in [0, 0.1) is 12.7 Å². The van der Waals surface area contributed by atoms with Gasteiger partial charge in [-0.15, -0.1) is 0 Å². The zero-order valence-corrected chi connectivity index (χ0v) is 18.9. The van der Waals surface area contributed by atoms with E-state index in [0.717, 1.165) is 24.2 Å².